The molecule has 1 aliphatic carbocycles. The third-order valence-corrected chi connectivity index (χ3v) is 5.93. The van der Waals surface area contributed by atoms with Crippen LogP contribution in [-0.4, -0.2) is 35.7 Å². The lowest BCUT2D eigenvalue weighted by Gasteiger charge is -2.17. The normalized spacial score (nSPS) is 12.9. The number of carboxylic acids is 1. The quantitative estimate of drug-likeness (QED) is 0.439. The van der Waals surface area contributed by atoms with Gasteiger partial charge in [0, 0.05) is 5.92 Å². The molecule has 0 aromatic heterocycles. The number of carbonyl (C=O) groups is 3. The number of hydrogen-bond acceptors (Lipinski definition) is 4. The topological polar surface area (TPSA) is 105 Å². The molecular weight excluding hydrogens is 432 g/mol. The number of nitrogens with one attached hydrogen (secondary N) is 2. The zero-order valence-corrected chi connectivity index (χ0v) is 18.8. The van der Waals surface area contributed by atoms with Gasteiger partial charge in [-0.15, -0.1) is 0 Å². The maximum Gasteiger partial charge on any atom is 0.411 e. The molecule has 3 aromatic carbocycles. The molecule has 1 aliphatic rings. The minimum absolute atomic E-state index is 0.0814. The Hall–Kier alpha value is -4.13. The molecule has 0 heterocycles. The molecule has 2 amide bonds. The minimum Gasteiger partial charge on any atom is -0.480 e. The monoisotopic (exact) mass is 458 g/mol. The van der Waals surface area contributed by atoms with Crippen molar-refractivity contribution in [1.82, 2.24) is 5.32 Å². The summed E-state index contributed by atoms with van der Waals surface area (Å²) in [5, 5.41) is 14.5. The van der Waals surface area contributed by atoms with Gasteiger partial charge in [0.1, 0.15) is 12.6 Å². The van der Waals surface area contributed by atoms with Gasteiger partial charge in [0.05, 0.1) is 11.3 Å². The summed E-state index contributed by atoms with van der Waals surface area (Å²) in [6.07, 6.45) is 0.227. The summed E-state index contributed by atoms with van der Waals surface area (Å²) < 4.78 is 5.56. The van der Waals surface area contributed by atoms with Crippen molar-refractivity contribution in [3.63, 3.8) is 0 Å². The molecule has 1 atom stereocenters. The fourth-order valence-corrected chi connectivity index (χ4v) is 4.32. The summed E-state index contributed by atoms with van der Waals surface area (Å²) in [5.41, 5.74) is 4.89. The zero-order chi connectivity index (χ0) is 24.1. The van der Waals surface area contributed by atoms with Crippen molar-refractivity contribution in [3.8, 4) is 11.1 Å². The van der Waals surface area contributed by atoms with Gasteiger partial charge in [0.2, 0.25) is 0 Å². The highest BCUT2D eigenvalue weighted by molar-refractivity contribution is 6.03. The van der Waals surface area contributed by atoms with E-state index in [4.69, 9.17) is 4.74 Å². The summed E-state index contributed by atoms with van der Waals surface area (Å²) in [4.78, 5) is 36.8. The predicted molar refractivity (Wildman–Crippen MR) is 129 cm³/mol. The molecule has 3 aromatic rings. The first-order chi connectivity index (χ1) is 16.5. The van der Waals surface area contributed by atoms with E-state index in [1.807, 2.05) is 43.3 Å². The molecule has 7 nitrogen and oxygen atoms in total. The standard InChI is InChI=1S/C27H26N2O5/c1-2-9-24(26(31)32)28-25(30)21-14-7-8-15-23(21)29-27(33)34-16-22-19-12-5-3-10-17(19)18-11-4-6-13-20(18)22/h3-8,10-15,22,24H,2,9,16H2,1H3,(H,28,30)(H,29,33)(H,31,32)/t24-/m1/s1. The van der Waals surface area contributed by atoms with Gasteiger partial charge in [-0.05, 0) is 40.8 Å². The van der Waals surface area contributed by atoms with E-state index in [9.17, 15) is 19.5 Å². The Balaban J connectivity index is 1.45. The molecule has 0 saturated heterocycles. The number of ether oxygens (including phenoxy) is 1. The average molecular weight is 459 g/mol. The molecule has 0 unspecified atom stereocenters. The Bertz CT molecular complexity index is 1180. The molecule has 7 heteroatoms. The smallest absolute Gasteiger partial charge is 0.411 e. The molecule has 0 bridgehead atoms. The Morgan fingerprint density at radius 2 is 1.50 bits per heavy atom. The highest BCUT2D eigenvalue weighted by Gasteiger charge is 2.29. The minimum atomic E-state index is -1.10. The first kappa shape index (κ1) is 23.0. The van der Waals surface area contributed by atoms with Crippen LogP contribution in [0.2, 0.25) is 0 Å². The number of rotatable bonds is 8. The maximum atomic E-state index is 12.7. The van der Waals surface area contributed by atoms with Crippen LogP contribution in [0.4, 0.5) is 10.5 Å². The van der Waals surface area contributed by atoms with E-state index in [0.29, 0.717) is 12.8 Å². The number of fused-ring (bicyclic) bond motifs is 3. The third kappa shape index (κ3) is 4.78. The molecule has 3 N–H and O–H groups in total. The van der Waals surface area contributed by atoms with E-state index in [1.54, 1.807) is 18.2 Å². The fourth-order valence-electron chi connectivity index (χ4n) is 4.32. The average Bonchev–Trinajstić information content (AvgIpc) is 3.16. The van der Waals surface area contributed by atoms with Crippen molar-refractivity contribution >= 4 is 23.7 Å². The summed E-state index contributed by atoms with van der Waals surface area (Å²) >= 11 is 0. The second-order valence-electron chi connectivity index (χ2n) is 8.15. The summed E-state index contributed by atoms with van der Waals surface area (Å²) in [6.45, 7) is 1.99. The van der Waals surface area contributed by atoms with Crippen LogP contribution in [0.1, 0.15) is 47.2 Å². The van der Waals surface area contributed by atoms with Crippen LogP contribution in [0.25, 0.3) is 11.1 Å². The summed E-state index contributed by atoms with van der Waals surface area (Å²) in [6, 6.07) is 21.5. The number of hydrogen-bond donors (Lipinski definition) is 3. The van der Waals surface area contributed by atoms with Crippen LogP contribution in [-0.2, 0) is 9.53 Å². The molecule has 4 rings (SSSR count). The first-order valence-electron chi connectivity index (χ1n) is 11.2. The third-order valence-electron chi connectivity index (χ3n) is 5.93. The Morgan fingerprint density at radius 1 is 0.912 bits per heavy atom. The van der Waals surface area contributed by atoms with E-state index in [1.165, 1.54) is 6.07 Å². The van der Waals surface area contributed by atoms with E-state index >= 15 is 0 Å². The van der Waals surface area contributed by atoms with Crippen molar-refractivity contribution in [1.29, 1.82) is 0 Å². The van der Waals surface area contributed by atoms with E-state index in [0.717, 1.165) is 22.3 Å². The number of anilines is 1. The van der Waals surface area contributed by atoms with Gasteiger partial charge in [-0.2, -0.15) is 0 Å². The molecule has 34 heavy (non-hydrogen) atoms. The van der Waals surface area contributed by atoms with Gasteiger partial charge in [-0.25, -0.2) is 9.59 Å². The molecule has 0 aliphatic heterocycles. The van der Waals surface area contributed by atoms with Gasteiger partial charge in [-0.1, -0.05) is 74.0 Å². The van der Waals surface area contributed by atoms with Gasteiger partial charge in [0.15, 0.2) is 0 Å². The van der Waals surface area contributed by atoms with Crippen molar-refractivity contribution < 1.29 is 24.2 Å². The van der Waals surface area contributed by atoms with Gasteiger partial charge in [-0.3, -0.25) is 10.1 Å². The highest BCUT2D eigenvalue weighted by Crippen LogP contribution is 2.44. The van der Waals surface area contributed by atoms with Crippen LogP contribution >= 0.6 is 0 Å². The van der Waals surface area contributed by atoms with E-state index in [2.05, 4.69) is 22.8 Å². The number of benzene rings is 3. The zero-order valence-electron chi connectivity index (χ0n) is 18.8. The van der Waals surface area contributed by atoms with E-state index < -0.39 is 24.0 Å². The number of para-hydroxylation sites is 1. The predicted octanol–water partition coefficient (Wildman–Crippen LogP) is 5.03. The molecule has 0 spiro atoms. The van der Waals surface area contributed by atoms with Crippen LogP contribution in [0, 0.1) is 0 Å². The van der Waals surface area contributed by atoms with Crippen molar-refractivity contribution in [2.45, 2.75) is 31.7 Å². The van der Waals surface area contributed by atoms with Gasteiger partial charge >= 0.3 is 12.1 Å². The SMILES string of the molecule is CCC[C@@H](NC(=O)c1ccccc1NC(=O)OCC1c2ccccc2-c2ccccc21)C(=O)O. The Kier molecular flexibility index (Phi) is 6.92. The maximum absolute atomic E-state index is 12.7. The van der Waals surface area contributed by atoms with Gasteiger partial charge < -0.3 is 15.2 Å². The second kappa shape index (κ2) is 10.2. The number of carboxylic acid groups (broad SMARTS) is 1. The molecule has 0 fully saturated rings. The van der Waals surface area contributed by atoms with Crippen LogP contribution < -0.4 is 10.6 Å². The fraction of sp³-hybridized carbons (Fsp3) is 0.222. The Morgan fingerprint density at radius 3 is 2.12 bits per heavy atom. The number of aliphatic carboxylic acids is 1. The molecule has 174 valence electrons. The largest absolute Gasteiger partial charge is 0.480 e. The van der Waals surface area contributed by atoms with Crippen LogP contribution in [0.15, 0.2) is 72.8 Å². The Labute approximate surface area is 197 Å². The van der Waals surface area contributed by atoms with Crippen LogP contribution in [0.3, 0.4) is 0 Å². The lowest BCUT2D eigenvalue weighted by Crippen LogP contribution is -2.41. The lowest BCUT2D eigenvalue weighted by atomic mass is 9.98. The number of amides is 2. The molecular formula is C27H26N2O5. The van der Waals surface area contributed by atoms with Crippen molar-refractivity contribution in [2.75, 3.05) is 11.9 Å². The van der Waals surface area contributed by atoms with Crippen molar-refractivity contribution in [2.24, 2.45) is 0 Å². The summed E-state index contributed by atoms with van der Waals surface area (Å²) in [7, 11) is 0. The highest BCUT2D eigenvalue weighted by atomic mass is 16.5. The van der Waals surface area contributed by atoms with Crippen molar-refractivity contribution in [3.05, 3.63) is 89.5 Å². The first-order valence-corrected chi connectivity index (χ1v) is 11.2. The van der Waals surface area contributed by atoms with Crippen LogP contribution in [0.5, 0.6) is 0 Å². The number of carbonyl (C=O) groups excluding carboxylic acids is 2. The van der Waals surface area contributed by atoms with E-state index in [-0.39, 0.29) is 23.8 Å². The lowest BCUT2D eigenvalue weighted by molar-refractivity contribution is -0.139. The second-order valence-corrected chi connectivity index (χ2v) is 8.15. The molecule has 0 radical (unpaired) electrons. The summed E-state index contributed by atoms with van der Waals surface area (Å²) in [5.74, 6) is -1.75. The van der Waals surface area contributed by atoms with Gasteiger partial charge in [0.25, 0.3) is 5.91 Å². The molecule has 0 saturated carbocycles.